The first kappa shape index (κ1) is 8.95. The summed E-state index contributed by atoms with van der Waals surface area (Å²) in [4.78, 5) is 1.38. The van der Waals surface area contributed by atoms with E-state index in [1.165, 1.54) is 4.90 Å². The molecule has 0 nitrogen and oxygen atoms in total. The molecule has 11 heavy (non-hydrogen) atoms. The van der Waals surface area contributed by atoms with Crippen molar-refractivity contribution in [2.24, 2.45) is 0 Å². The first-order valence-electron chi connectivity index (χ1n) is 3.49. The maximum absolute atomic E-state index is 5.86. The molecule has 0 heterocycles. The molecule has 2 heteroatoms. The van der Waals surface area contributed by atoms with E-state index in [2.05, 4.69) is 36.8 Å². The van der Waals surface area contributed by atoms with Gasteiger partial charge in [0.1, 0.15) is 0 Å². The molecule has 0 saturated carbocycles. The monoisotopic (exact) mass is 188 g/mol. The molecule has 0 aliphatic carbocycles. The molecule has 1 aromatic carbocycles. The van der Waals surface area contributed by atoms with Gasteiger partial charge in [-0.15, -0.1) is 11.6 Å². The standard InChI is InChI=1S/C9H13ClS/c1-11(2,8-10)9-6-4-3-5-7-9/h3-7H,8H2,1-2H3. The number of benzene rings is 1. The molecule has 0 aromatic heterocycles. The van der Waals surface area contributed by atoms with Crippen molar-refractivity contribution >= 4 is 21.6 Å². The lowest BCUT2D eigenvalue weighted by Crippen LogP contribution is -1.96. The maximum atomic E-state index is 5.86. The number of halogens is 1. The number of hydrogen-bond donors (Lipinski definition) is 0. The highest BCUT2D eigenvalue weighted by atomic mass is 35.5. The first-order valence-corrected chi connectivity index (χ1v) is 6.64. The van der Waals surface area contributed by atoms with E-state index in [4.69, 9.17) is 11.6 Å². The van der Waals surface area contributed by atoms with E-state index in [1.54, 1.807) is 0 Å². The van der Waals surface area contributed by atoms with Crippen molar-refractivity contribution in [3.8, 4) is 0 Å². The summed E-state index contributed by atoms with van der Waals surface area (Å²) in [6, 6.07) is 10.5. The summed E-state index contributed by atoms with van der Waals surface area (Å²) in [5.74, 6) is 0. The second-order valence-electron chi connectivity index (χ2n) is 2.96. The molecule has 62 valence electrons. The van der Waals surface area contributed by atoms with Gasteiger partial charge in [-0.05, 0) is 17.4 Å². The predicted molar refractivity (Wildman–Crippen MR) is 54.9 cm³/mol. The molecule has 0 N–H and O–H groups in total. The van der Waals surface area contributed by atoms with Gasteiger partial charge in [0.25, 0.3) is 0 Å². The third kappa shape index (κ3) is 2.14. The topological polar surface area (TPSA) is 0 Å². The first-order chi connectivity index (χ1) is 5.17. The second kappa shape index (κ2) is 3.51. The van der Waals surface area contributed by atoms with Gasteiger partial charge in [0.05, 0.1) is 5.21 Å². The van der Waals surface area contributed by atoms with Gasteiger partial charge in [0.2, 0.25) is 0 Å². The fraction of sp³-hybridized carbons (Fsp3) is 0.333. The highest BCUT2D eigenvalue weighted by Gasteiger charge is 2.11. The molecule has 1 aromatic rings. The smallest absolute Gasteiger partial charge is 0.0559 e. The summed E-state index contributed by atoms with van der Waals surface area (Å²) in [5, 5.41) is 0.747. The van der Waals surface area contributed by atoms with E-state index < -0.39 is 10.0 Å². The van der Waals surface area contributed by atoms with Crippen molar-refractivity contribution in [1.29, 1.82) is 0 Å². The lowest BCUT2D eigenvalue weighted by atomic mass is 10.4. The Hall–Kier alpha value is -0.140. The van der Waals surface area contributed by atoms with Crippen molar-refractivity contribution in [3.63, 3.8) is 0 Å². The average molecular weight is 189 g/mol. The Morgan fingerprint density at radius 2 is 1.73 bits per heavy atom. The number of hydrogen-bond acceptors (Lipinski definition) is 0. The van der Waals surface area contributed by atoms with E-state index >= 15 is 0 Å². The molecule has 0 saturated heterocycles. The quantitative estimate of drug-likeness (QED) is 0.625. The fourth-order valence-electron chi connectivity index (χ4n) is 0.852. The van der Waals surface area contributed by atoms with Gasteiger partial charge in [-0.3, -0.25) is 0 Å². The summed E-state index contributed by atoms with van der Waals surface area (Å²) in [6.45, 7) is 0. The normalized spacial score (nSPS) is 13.0. The van der Waals surface area contributed by atoms with E-state index in [1.807, 2.05) is 6.07 Å². The van der Waals surface area contributed by atoms with Crippen molar-refractivity contribution in [3.05, 3.63) is 30.3 Å². The molecule has 0 aliphatic heterocycles. The van der Waals surface area contributed by atoms with E-state index in [0.29, 0.717) is 0 Å². The van der Waals surface area contributed by atoms with Crippen molar-refractivity contribution in [1.82, 2.24) is 0 Å². The zero-order valence-electron chi connectivity index (χ0n) is 6.88. The summed E-state index contributed by atoms with van der Waals surface area (Å²) < 4.78 is 0. The minimum absolute atomic E-state index is 0.733. The van der Waals surface area contributed by atoms with Crippen LogP contribution in [0.2, 0.25) is 0 Å². The van der Waals surface area contributed by atoms with E-state index in [0.717, 1.165) is 5.21 Å². The van der Waals surface area contributed by atoms with Crippen LogP contribution >= 0.6 is 21.6 Å². The largest absolute Gasteiger partial charge is 0.207 e. The van der Waals surface area contributed by atoms with Gasteiger partial charge in [-0.1, -0.05) is 30.3 Å². The van der Waals surface area contributed by atoms with Crippen LogP contribution in [0.15, 0.2) is 35.2 Å². The van der Waals surface area contributed by atoms with Gasteiger partial charge in [-0.2, -0.15) is 0 Å². The van der Waals surface area contributed by atoms with Crippen LogP contribution in [-0.4, -0.2) is 17.7 Å². The van der Waals surface area contributed by atoms with E-state index in [9.17, 15) is 0 Å². The van der Waals surface area contributed by atoms with Crippen LogP contribution in [-0.2, 0) is 0 Å². The number of alkyl halides is 1. The molecular formula is C9H13ClS. The third-order valence-corrected chi connectivity index (χ3v) is 5.38. The molecule has 0 bridgehead atoms. The fourth-order valence-corrected chi connectivity index (χ4v) is 2.25. The summed E-state index contributed by atoms with van der Waals surface area (Å²) in [5.41, 5.74) is 0. The van der Waals surface area contributed by atoms with Crippen molar-refractivity contribution in [2.75, 3.05) is 17.7 Å². The van der Waals surface area contributed by atoms with Crippen LogP contribution in [0.4, 0.5) is 0 Å². The molecule has 0 fully saturated rings. The molecular weight excluding hydrogens is 176 g/mol. The molecule has 0 atom stereocenters. The lowest BCUT2D eigenvalue weighted by Gasteiger charge is -2.28. The minimum Gasteiger partial charge on any atom is -0.207 e. The summed E-state index contributed by atoms with van der Waals surface area (Å²) in [6.07, 6.45) is 4.46. The van der Waals surface area contributed by atoms with Crippen LogP contribution in [0.25, 0.3) is 0 Å². The van der Waals surface area contributed by atoms with Crippen LogP contribution in [0.5, 0.6) is 0 Å². The Bertz CT molecular complexity index is 218. The van der Waals surface area contributed by atoms with E-state index in [-0.39, 0.29) is 0 Å². The van der Waals surface area contributed by atoms with Crippen LogP contribution in [0.3, 0.4) is 0 Å². The zero-order chi connectivity index (χ0) is 8.32. The lowest BCUT2D eigenvalue weighted by molar-refractivity contribution is 1.43. The van der Waals surface area contributed by atoms with Crippen LogP contribution in [0.1, 0.15) is 0 Å². The summed E-state index contributed by atoms with van der Waals surface area (Å²) in [7, 11) is -0.733. The third-order valence-electron chi connectivity index (χ3n) is 1.65. The highest BCUT2D eigenvalue weighted by Crippen LogP contribution is 2.49. The Balaban J connectivity index is 2.93. The molecule has 0 amide bonds. The highest BCUT2D eigenvalue weighted by molar-refractivity contribution is 8.33. The Labute approximate surface area is 74.9 Å². The van der Waals surface area contributed by atoms with Gasteiger partial charge >= 0.3 is 0 Å². The molecule has 0 spiro atoms. The molecule has 0 radical (unpaired) electrons. The van der Waals surface area contributed by atoms with Crippen molar-refractivity contribution in [2.45, 2.75) is 4.90 Å². The Morgan fingerprint density at radius 1 is 1.18 bits per heavy atom. The van der Waals surface area contributed by atoms with Gasteiger partial charge in [-0.25, -0.2) is 10.0 Å². The average Bonchev–Trinajstić information content (AvgIpc) is 2.06. The number of rotatable bonds is 2. The predicted octanol–water partition coefficient (Wildman–Crippen LogP) is 3.31. The Kier molecular flexibility index (Phi) is 2.85. The van der Waals surface area contributed by atoms with Crippen molar-refractivity contribution < 1.29 is 0 Å². The molecule has 1 rings (SSSR count). The summed E-state index contributed by atoms with van der Waals surface area (Å²) >= 11 is 5.86. The van der Waals surface area contributed by atoms with Crippen LogP contribution in [0, 0.1) is 0 Å². The van der Waals surface area contributed by atoms with Gasteiger partial charge in [0, 0.05) is 0 Å². The SMILES string of the molecule is CS(C)(CCl)c1ccccc1. The minimum atomic E-state index is -0.733. The van der Waals surface area contributed by atoms with Gasteiger partial charge < -0.3 is 0 Å². The second-order valence-corrected chi connectivity index (χ2v) is 7.38. The van der Waals surface area contributed by atoms with Crippen LogP contribution < -0.4 is 0 Å². The zero-order valence-corrected chi connectivity index (χ0v) is 8.45. The molecule has 0 aliphatic rings. The Morgan fingerprint density at radius 3 is 2.18 bits per heavy atom. The molecule has 0 unspecified atom stereocenters. The maximum Gasteiger partial charge on any atom is 0.0559 e. The van der Waals surface area contributed by atoms with Gasteiger partial charge in [0.15, 0.2) is 0 Å².